The van der Waals surface area contributed by atoms with E-state index in [1.807, 2.05) is 0 Å². The summed E-state index contributed by atoms with van der Waals surface area (Å²) in [6.45, 7) is 0. The first-order valence-electron chi connectivity index (χ1n) is 6.13. The molecule has 2 saturated carbocycles. The van der Waals surface area contributed by atoms with Gasteiger partial charge < -0.3 is 5.73 Å². The van der Waals surface area contributed by atoms with E-state index < -0.39 is 0 Å². The smallest absolute Gasteiger partial charge is 0.00956 e. The van der Waals surface area contributed by atoms with Crippen molar-refractivity contribution in [1.82, 2.24) is 0 Å². The third-order valence-corrected chi connectivity index (χ3v) is 4.14. The molecule has 0 aliphatic heterocycles. The van der Waals surface area contributed by atoms with Gasteiger partial charge in [-0.2, -0.15) is 0 Å². The second-order valence-corrected chi connectivity index (χ2v) is 5.02. The van der Waals surface area contributed by atoms with Crippen LogP contribution in [0.4, 0.5) is 0 Å². The number of rotatable bonds is 2. The predicted octanol–water partition coefficient (Wildman–Crippen LogP) is 3.08. The van der Waals surface area contributed by atoms with Crippen LogP contribution in [0.25, 0.3) is 0 Å². The minimum atomic E-state index is 0.548. The lowest BCUT2D eigenvalue weighted by Gasteiger charge is -2.36. The molecule has 0 heterocycles. The van der Waals surface area contributed by atoms with Gasteiger partial charge in [-0.25, -0.2) is 0 Å². The van der Waals surface area contributed by atoms with Gasteiger partial charge >= 0.3 is 0 Å². The van der Waals surface area contributed by atoms with E-state index in [2.05, 4.69) is 0 Å². The summed E-state index contributed by atoms with van der Waals surface area (Å²) >= 11 is 0. The fourth-order valence-corrected chi connectivity index (χ4v) is 2.91. The Morgan fingerprint density at radius 3 is 1.54 bits per heavy atom. The van der Waals surface area contributed by atoms with Crippen molar-refractivity contribution in [1.29, 1.82) is 0 Å². The topological polar surface area (TPSA) is 26.0 Å². The Bertz CT molecular complexity index is 143. The molecule has 0 aromatic carbocycles. The molecule has 0 aromatic heterocycles. The van der Waals surface area contributed by atoms with Gasteiger partial charge in [-0.1, -0.05) is 32.1 Å². The first kappa shape index (κ1) is 9.51. The summed E-state index contributed by atoms with van der Waals surface area (Å²) < 4.78 is 0. The summed E-state index contributed by atoms with van der Waals surface area (Å²) in [5, 5.41) is 0. The van der Waals surface area contributed by atoms with Crippen LogP contribution in [0.15, 0.2) is 0 Å². The van der Waals surface area contributed by atoms with Crippen molar-refractivity contribution < 1.29 is 0 Å². The summed E-state index contributed by atoms with van der Waals surface area (Å²) in [5.74, 6) is 1.76. The molecule has 0 aromatic rings. The van der Waals surface area contributed by atoms with Gasteiger partial charge in [-0.05, 0) is 37.5 Å². The summed E-state index contributed by atoms with van der Waals surface area (Å²) in [6, 6.07) is 0.548. The lowest BCUT2D eigenvalue weighted by atomic mass is 9.73. The van der Waals surface area contributed by atoms with Crippen LogP contribution in [0.1, 0.15) is 57.8 Å². The van der Waals surface area contributed by atoms with Crippen molar-refractivity contribution in [2.24, 2.45) is 17.6 Å². The molecule has 0 radical (unpaired) electrons. The standard InChI is InChI=1S/C12H23N/c13-12(11-8-5-9-11)10-6-3-1-2-4-7-10/h10-12H,1-9,13H2. The van der Waals surface area contributed by atoms with Gasteiger partial charge in [0.25, 0.3) is 0 Å². The third-order valence-electron chi connectivity index (χ3n) is 4.14. The van der Waals surface area contributed by atoms with Gasteiger partial charge in [0.2, 0.25) is 0 Å². The summed E-state index contributed by atoms with van der Waals surface area (Å²) in [7, 11) is 0. The molecule has 2 fully saturated rings. The highest BCUT2D eigenvalue weighted by molar-refractivity contribution is 4.85. The molecule has 1 atom stereocenters. The van der Waals surface area contributed by atoms with Crippen LogP contribution in [0.5, 0.6) is 0 Å². The lowest BCUT2D eigenvalue weighted by molar-refractivity contribution is 0.195. The maximum atomic E-state index is 6.32. The number of nitrogens with two attached hydrogens (primary N) is 1. The minimum Gasteiger partial charge on any atom is -0.327 e. The van der Waals surface area contributed by atoms with Crippen molar-refractivity contribution in [2.75, 3.05) is 0 Å². The molecule has 2 aliphatic rings. The van der Waals surface area contributed by atoms with Crippen LogP contribution in [0.3, 0.4) is 0 Å². The zero-order valence-corrected chi connectivity index (χ0v) is 8.67. The predicted molar refractivity (Wildman–Crippen MR) is 56.5 cm³/mol. The van der Waals surface area contributed by atoms with Crippen LogP contribution in [0, 0.1) is 11.8 Å². The highest BCUT2D eigenvalue weighted by atomic mass is 14.7. The largest absolute Gasteiger partial charge is 0.327 e. The molecule has 2 aliphatic carbocycles. The zero-order valence-electron chi connectivity index (χ0n) is 8.67. The van der Waals surface area contributed by atoms with Crippen LogP contribution < -0.4 is 5.73 Å². The Hall–Kier alpha value is -0.0400. The van der Waals surface area contributed by atoms with E-state index in [1.54, 1.807) is 0 Å². The van der Waals surface area contributed by atoms with Gasteiger partial charge in [0.15, 0.2) is 0 Å². The molecule has 0 bridgehead atoms. The van der Waals surface area contributed by atoms with Crippen molar-refractivity contribution in [3.8, 4) is 0 Å². The van der Waals surface area contributed by atoms with Crippen LogP contribution >= 0.6 is 0 Å². The highest BCUT2D eigenvalue weighted by Gasteiger charge is 2.30. The van der Waals surface area contributed by atoms with E-state index in [9.17, 15) is 0 Å². The SMILES string of the molecule is NC(C1CCCCCC1)C1CCC1. The zero-order chi connectivity index (χ0) is 9.10. The molecule has 13 heavy (non-hydrogen) atoms. The third kappa shape index (κ3) is 2.25. The fraction of sp³-hybridized carbons (Fsp3) is 1.00. The maximum Gasteiger partial charge on any atom is 0.00956 e. The van der Waals surface area contributed by atoms with E-state index in [0.29, 0.717) is 6.04 Å². The normalized spacial score (nSPS) is 29.3. The second-order valence-electron chi connectivity index (χ2n) is 5.02. The van der Waals surface area contributed by atoms with E-state index in [1.165, 1.54) is 57.8 Å². The molecular formula is C12H23N. The first-order valence-corrected chi connectivity index (χ1v) is 6.13. The van der Waals surface area contributed by atoms with Gasteiger partial charge in [-0.15, -0.1) is 0 Å². The monoisotopic (exact) mass is 181 g/mol. The summed E-state index contributed by atoms with van der Waals surface area (Å²) in [6.07, 6.45) is 12.9. The van der Waals surface area contributed by atoms with E-state index >= 15 is 0 Å². The molecule has 1 heteroatoms. The lowest BCUT2D eigenvalue weighted by Crippen LogP contribution is -2.40. The Morgan fingerprint density at radius 1 is 0.692 bits per heavy atom. The average molecular weight is 181 g/mol. The van der Waals surface area contributed by atoms with Gasteiger partial charge in [0.05, 0.1) is 0 Å². The summed E-state index contributed by atoms with van der Waals surface area (Å²) in [4.78, 5) is 0. The van der Waals surface area contributed by atoms with E-state index in [-0.39, 0.29) is 0 Å². The van der Waals surface area contributed by atoms with Gasteiger partial charge in [-0.3, -0.25) is 0 Å². The first-order chi connectivity index (χ1) is 6.38. The Kier molecular flexibility index (Phi) is 3.26. The molecule has 0 spiro atoms. The van der Waals surface area contributed by atoms with Gasteiger partial charge in [0.1, 0.15) is 0 Å². The van der Waals surface area contributed by atoms with Gasteiger partial charge in [0, 0.05) is 6.04 Å². The van der Waals surface area contributed by atoms with Crippen LogP contribution in [-0.2, 0) is 0 Å². The second kappa shape index (κ2) is 4.45. The average Bonchev–Trinajstić information content (AvgIpc) is 2.27. The maximum absolute atomic E-state index is 6.32. The quantitative estimate of drug-likeness (QED) is 0.651. The minimum absolute atomic E-state index is 0.548. The highest BCUT2D eigenvalue weighted by Crippen LogP contribution is 2.36. The van der Waals surface area contributed by atoms with Crippen molar-refractivity contribution in [3.63, 3.8) is 0 Å². The van der Waals surface area contributed by atoms with Crippen molar-refractivity contribution >= 4 is 0 Å². The number of hydrogen-bond acceptors (Lipinski definition) is 1. The van der Waals surface area contributed by atoms with E-state index in [0.717, 1.165) is 11.8 Å². The van der Waals surface area contributed by atoms with Crippen molar-refractivity contribution in [3.05, 3.63) is 0 Å². The molecule has 0 saturated heterocycles. The Balaban J connectivity index is 1.82. The molecule has 0 amide bonds. The molecule has 76 valence electrons. The molecule has 2 rings (SSSR count). The van der Waals surface area contributed by atoms with Crippen LogP contribution in [0.2, 0.25) is 0 Å². The molecular weight excluding hydrogens is 158 g/mol. The molecule has 1 nitrogen and oxygen atoms in total. The summed E-state index contributed by atoms with van der Waals surface area (Å²) in [5.41, 5.74) is 6.32. The van der Waals surface area contributed by atoms with Crippen molar-refractivity contribution in [2.45, 2.75) is 63.8 Å². The molecule has 1 unspecified atom stereocenters. The van der Waals surface area contributed by atoms with E-state index in [4.69, 9.17) is 5.73 Å². The molecule has 2 N–H and O–H groups in total. The Labute approximate surface area is 82.1 Å². The fourth-order valence-electron chi connectivity index (χ4n) is 2.91. The Morgan fingerprint density at radius 2 is 1.15 bits per heavy atom. The van der Waals surface area contributed by atoms with Crippen LogP contribution in [-0.4, -0.2) is 6.04 Å². The number of hydrogen-bond donors (Lipinski definition) is 1.